The molecule has 172 valence electrons. The van der Waals surface area contributed by atoms with E-state index in [0.717, 1.165) is 47.4 Å². The standard InChI is InChI=1S/C24H26N4O4S/c1-15-7-9-16(10-8-15)28-13-11-18(29)21(27-28)23(31)26-24-20(22(30)25-12-14-32-2)17-5-3-4-6-19(17)33-24/h7-11,13H,3-6,12,14H2,1-2H3,(H,25,30)(H,26,31). The van der Waals surface area contributed by atoms with Crippen molar-refractivity contribution in [2.75, 3.05) is 25.6 Å². The van der Waals surface area contributed by atoms with Gasteiger partial charge in [0.15, 0.2) is 5.69 Å². The molecule has 2 amide bonds. The highest BCUT2D eigenvalue weighted by molar-refractivity contribution is 7.17. The number of carbonyl (C=O) groups excluding carboxylic acids is 2. The number of nitrogens with one attached hydrogen (secondary N) is 2. The van der Waals surface area contributed by atoms with Crippen LogP contribution in [0.25, 0.3) is 5.69 Å². The van der Waals surface area contributed by atoms with Crippen LogP contribution >= 0.6 is 11.3 Å². The number of amides is 2. The van der Waals surface area contributed by atoms with Crippen molar-refractivity contribution >= 4 is 28.2 Å². The monoisotopic (exact) mass is 466 g/mol. The van der Waals surface area contributed by atoms with Crippen LogP contribution in [0.15, 0.2) is 41.3 Å². The van der Waals surface area contributed by atoms with Gasteiger partial charge in [0.1, 0.15) is 5.00 Å². The zero-order chi connectivity index (χ0) is 23.4. The molecule has 0 spiro atoms. The molecule has 4 rings (SSSR count). The van der Waals surface area contributed by atoms with Crippen LogP contribution in [-0.2, 0) is 17.6 Å². The molecule has 1 aliphatic rings. The van der Waals surface area contributed by atoms with Gasteiger partial charge in [-0.15, -0.1) is 11.3 Å². The molecule has 0 aliphatic heterocycles. The molecule has 0 bridgehead atoms. The summed E-state index contributed by atoms with van der Waals surface area (Å²) in [4.78, 5) is 39.6. The quantitative estimate of drug-likeness (QED) is 0.521. The van der Waals surface area contributed by atoms with Crippen LogP contribution in [-0.4, -0.2) is 41.9 Å². The summed E-state index contributed by atoms with van der Waals surface area (Å²) in [5.74, 6) is -0.883. The van der Waals surface area contributed by atoms with Gasteiger partial charge in [-0.05, 0) is 50.3 Å². The molecular weight excluding hydrogens is 440 g/mol. The summed E-state index contributed by atoms with van der Waals surface area (Å²) in [5, 5.41) is 10.4. The highest BCUT2D eigenvalue weighted by Crippen LogP contribution is 2.38. The number of aryl methyl sites for hydroxylation is 2. The van der Waals surface area contributed by atoms with E-state index in [1.807, 2.05) is 31.2 Å². The second-order valence-corrected chi connectivity index (χ2v) is 9.03. The van der Waals surface area contributed by atoms with Crippen LogP contribution in [0.2, 0.25) is 0 Å². The van der Waals surface area contributed by atoms with E-state index < -0.39 is 11.3 Å². The Bertz CT molecular complexity index is 1230. The number of carbonyl (C=O) groups is 2. The van der Waals surface area contributed by atoms with Crippen molar-refractivity contribution in [1.29, 1.82) is 0 Å². The van der Waals surface area contributed by atoms with E-state index in [9.17, 15) is 14.4 Å². The van der Waals surface area contributed by atoms with Crippen molar-refractivity contribution in [1.82, 2.24) is 15.1 Å². The third-order valence-corrected chi connectivity index (χ3v) is 6.75. The number of thiophene rings is 1. The van der Waals surface area contributed by atoms with Crippen molar-refractivity contribution in [2.45, 2.75) is 32.6 Å². The number of anilines is 1. The first kappa shape index (κ1) is 22.9. The number of aromatic nitrogens is 2. The maximum Gasteiger partial charge on any atom is 0.280 e. The highest BCUT2D eigenvalue weighted by Gasteiger charge is 2.27. The average molecular weight is 467 g/mol. The maximum atomic E-state index is 13.1. The SMILES string of the molecule is COCCNC(=O)c1c(NC(=O)c2nn(-c3ccc(C)cc3)ccc2=O)sc2c1CCCC2. The van der Waals surface area contributed by atoms with Crippen molar-refractivity contribution in [3.63, 3.8) is 0 Å². The van der Waals surface area contributed by atoms with E-state index >= 15 is 0 Å². The van der Waals surface area contributed by atoms with Crippen molar-refractivity contribution in [3.05, 3.63) is 74.0 Å². The lowest BCUT2D eigenvalue weighted by atomic mass is 9.95. The minimum Gasteiger partial charge on any atom is -0.383 e. The summed E-state index contributed by atoms with van der Waals surface area (Å²) in [5.41, 5.74) is 2.58. The smallest absolute Gasteiger partial charge is 0.280 e. The van der Waals surface area contributed by atoms with Gasteiger partial charge in [0.2, 0.25) is 5.43 Å². The minimum atomic E-state index is -0.633. The summed E-state index contributed by atoms with van der Waals surface area (Å²) in [6, 6.07) is 8.91. The lowest BCUT2D eigenvalue weighted by Crippen LogP contribution is -2.29. The van der Waals surface area contributed by atoms with Crippen LogP contribution in [0.5, 0.6) is 0 Å². The van der Waals surface area contributed by atoms with Gasteiger partial charge in [0.25, 0.3) is 11.8 Å². The number of rotatable bonds is 7. The molecule has 0 saturated carbocycles. The first-order valence-electron chi connectivity index (χ1n) is 10.9. The summed E-state index contributed by atoms with van der Waals surface area (Å²) in [6.45, 7) is 2.74. The van der Waals surface area contributed by atoms with Gasteiger partial charge < -0.3 is 15.4 Å². The number of ether oxygens (including phenoxy) is 1. The third kappa shape index (κ3) is 5.04. The lowest BCUT2D eigenvalue weighted by molar-refractivity contribution is 0.0937. The zero-order valence-electron chi connectivity index (χ0n) is 18.6. The molecule has 0 saturated heterocycles. The molecule has 2 heterocycles. The molecular formula is C24H26N4O4S. The summed E-state index contributed by atoms with van der Waals surface area (Å²) in [6.07, 6.45) is 5.24. The molecule has 2 N–H and O–H groups in total. The van der Waals surface area contributed by atoms with Crippen LogP contribution in [0.4, 0.5) is 5.00 Å². The predicted molar refractivity (Wildman–Crippen MR) is 128 cm³/mol. The summed E-state index contributed by atoms with van der Waals surface area (Å²) in [7, 11) is 1.57. The Morgan fingerprint density at radius 2 is 1.88 bits per heavy atom. The molecule has 8 nitrogen and oxygen atoms in total. The van der Waals surface area contributed by atoms with E-state index in [2.05, 4.69) is 15.7 Å². The largest absolute Gasteiger partial charge is 0.383 e. The van der Waals surface area contributed by atoms with E-state index in [1.165, 1.54) is 28.3 Å². The number of benzene rings is 1. The average Bonchev–Trinajstić information content (AvgIpc) is 3.18. The summed E-state index contributed by atoms with van der Waals surface area (Å²) >= 11 is 1.40. The van der Waals surface area contributed by atoms with E-state index in [-0.39, 0.29) is 11.6 Å². The molecule has 0 fully saturated rings. The van der Waals surface area contributed by atoms with Crippen molar-refractivity contribution < 1.29 is 14.3 Å². The Morgan fingerprint density at radius 3 is 2.64 bits per heavy atom. The third-order valence-electron chi connectivity index (χ3n) is 5.54. The Labute approximate surface area is 195 Å². The van der Waals surface area contributed by atoms with Gasteiger partial charge in [0.05, 0.1) is 17.9 Å². The zero-order valence-corrected chi connectivity index (χ0v) is 19.5. The fourth-order valence-corrected chi connectivity index (χ4v) is 5.10. The first-order chi connectivity index (χ1) is 16.0. The van der Waals surface area contributed by atoms with Gasteiger partial charge >= 0.3 is 0 Å². The van der Waals surface area contributed by atoms with Crippen LogP contribution in [0, 0.1) is 6.92 Å². The number of methoxy groups -OCH3 is 1. The first-order valence-corrected chi connectivity index (χ1v) is 11.7. The molecule has 9 heteroatoms. The molecule has 1 aromatic carbocycles. The molecule has 0 radical (unpaired) electrons. The lowest BCUT2D eigenvalue weighted by Gasteiger charge is -2.13. The van der Waals surface area contributed by atoms with Gasteiger partial charge in [-0.2, -0.15) is 5.10 Å². The number of nitrogens with zero attached hydrogens (tertiary/aromatic N) is 2. The number of fused-ring (bicyclic) bond motifs is 1. The second kappa shape index (κ2) is 10.1. The van der Waals surface area contributed by atoms with Crippen LogP contribution in [0.3, 0.4) is 0 Å². The predicted octanol–water partition coefficient (Wildman–Crippen LogP) is 3.11. The summed E-state index contributed by atoms with van der Waals surface area (Å²) < 4.78 is 6.51. The Kier molecular flexibility index (Phi) is 7.00. The number of hydrogen-bond acceptors (Lipinski definition) is 6. The molecule has 1 aliphatic carbocycles. The minimum absolute atomic E-state index is 0.227. The molecule has 33 heavy (non-hydrogen) atoms. The Hall–Kier alpha value is -3.30. The molecule has 3 aromatic rings. The topological polar surface area (TPSA) is 102 Å². The van der Waals surface area contributed by atoms with Gasteiger partial charge in [0, 0.05) is 30.8 Å². The van der Waals surface area contributed by atoms with Gasteiger partial charge in [-0.1, -0.05) is 17.7 Å². The maximum absolute atomic E-state index is 13.1. The molecule has 0 atom stereocenters. The van der Waals surface area contributed by atoms with Crippen LogP contribution in [0.1, 0.15) is 49.7 Å². The Balaban J connectivity index is 1.64. The highest BCUT2D eigenvalue weighted by atomic mass is 32.1. The van der Waals surface area contributed by atoms with E-state index in [0.29, 0.717) is 23.7 Å². The molecule has 2 aromatic heterocycles. The second-order valence-electron chi connectivity index (χ2n) is 7.93. The Morgan fingerprint density at radius 1 is 1.12 bits per heavy atom. The molecule has 0 unspecified atom stereocenters. The fourth-order valence-electron chi connectivity index (χ4n) is 3.82. The fraction of sp³-hybridized carbons (Fsp3) is 0.333. The normalized spacial score (nSPS) is 12.8. The number of hydrogen-bond donors (Lipinski definition) is 2. The van der Waals surface area contributed by atoms with E-state index in [4.69, 9.17) is 4.74 Å². The van der Waals surface area contributed by atoms with Gasteiger partial charge in [-0.25, -0.2) is 4.68 Å². The van der Waals surface area contributed by atoms with Crippen molar-refractivity contribution in [3.8, 4) is 5.69 Å². The van der Waals surface area contributed by atoms with Crippen molar-refractivity contribution in [2.24, 2.45) is 0 Å². The van der Waals surface area contributed by atoms with Crippen LogP contribution < -0.4 is 16.1 Å². The van der Waals surface area contributed by atoms with E-state index in [1.54, 1.807) is 7.11 Å². The van der Waals surface area contributed by atoms with Gasteiger partial charge in [-0.3, -0.25) is 14.4 Å².